The van der Waals surface area contributed by atoms with E-state index >= 15 is 0 Å². The molecule has 0 aliphatic carbocycles. The molecule has 0 spiro atoms. The molecule has 1 unspecified atom stereocenters. The van der Waals surface area contributed by atoms with E-state index in [4.69, 9.17) is 16.5 Å². The van der Waals surface area contributed by atoms with E-state index in [1.807, 2.05) is 18.2 Å². The van der Waals surface area contributed by atoms with Gasteiger partial charge in [0.25, 0.3) is 0 Å². The maximum Gasteiger partial charge on any atom is 0.537 e. The molecular weight excluding hydrogens is 287 g/mol. The second kappa shape index (κ2) is 8.35. The normalized spacial score (nSPS) is 10.8. The second-order valence-electron chi connectivity index (χ2n) is 3.33. The van der Waals surface area contributed by atoms with Crippen molar-refractivity contribution in [3.63, 3.8) is 0 Å². The Morgan fingerprint density at radius 1 is 1.33 bits per heavy atom. The Labute approximate surface area is 116 Å². The van der Waals surface area contributed by atoms with Crippen LogP contribution in [0.4, 0.5) is 4.79 Å². The van der Waals surface area contributed by atoms with Gasteiger partial charge in [0.15, 0.2) is 17.6 Å². The van der Waals surface area contributed by atoms with E-state index in [1.165, 1.54) is 11.4 Å². The van der Waals surface area contributed by atoms with Crippen LogP contribution in [0.2, 0.25) is 0 Å². The molecule has 0 heterocycles. The molecule has 0 saturated heterocycles. The minimum Gasteiger partial charge on any atom is -0.429 e. The third kappa shape index (κ3) is 5.25. The van der Waals surface area contributed by atoms with Gasteiger partial charge in [0, 0.05) is 17.7 Å². The van der Waals surface area contributed by atoms with Crippen LogP contribution in [0.15, 0.2) is 30.3 Å². The molecule has 96 valence electrons. The fraction of sp³-hybridized carbons (Fsp3) is 0.333. The van der Waals surface area contributed by atoms with Crippen LogP contribution in [-0.4, -0.2) is 23.9 Å². The fourth-order valence-corrected chi connectivity index (χ4v) is 4.08. The summed E-state index contributed by atoms with van der Waals surface area (Å²) >= 11 is 6.37. The van der Waals surface area contributed by atoms with Gasteiger partial charge in [-0.25, -0.2) is 0 Å². The number of Topliss-reactive ketones (excluding diaryl/α,β-unsaturated/α-hetero) is 1. The second-order valence-corrected chi connectivity index (χ2v) is 8.53. The highest BCUT2D eigenvalue weighted by atomic mass is 32.9. The highest BCUT2D eigenvalue weighted by Gasteiger charge is 2.26. The average molecular weight is 301 g/mol. The highest BCUT2D eigenvalue weighted by Crippen LogP contribution is 2.40. The standard InChI is InChI=1S/C12H14O3PS2/c1-2-15-12(14)16(17)18-9-8-11(13)10-6-4-3-5-7-10/h3-7H,2,8-9H2,1H3/q+1. The molecular formula is C12H14O3PS2+. The van der Waals surface area contributed by atoms with Crippen LogP contribution in [0.5, 0.6) is 0 Å². The van der Waals surface area contributed by atoms with E-state index in [2.05, 4.69) is 0 Å². The van der Waals surface area contributed by atoms with Gasteiger partial charge in [-0.3, -0.25) is 4.79 Å². The van der Waals surface area contributed by atoms with Gasteiger partial charge >= 0.3 is 11.6 Å². The number of benzene rings is 1. The third-order valence-corrected chi connectivity index (χ3v) is 6.19. The van der Waals surface area contributed by atoms with Crippen molar-refractivity contribution in [1.82, 2.24) is 0 Å². The van der Waals surface area contributed by atoms with Crippen LogP contribution in [-0.2, 0) is 16.5 Å². The van der Waals surface area contributed by atoms with Gasteiger partial charge in [0.05, 0.1) is 6.61 Å². The Hall–Kier alpha value is -0.770. The summed E-state index contributed by atoms with van der Waals surface area (Å²) in [4.78, 5) is 23.1. The third-order valence-electron chi connectivity index (χ3n) is 2.05. The first-order valence-corrected chi connectivity index (χ1v) is 9.45. The molecule has 0 radical (unpaired) electrons. The predicted molar refractivity (Wildman–Crippen MR) is 79.2 cm³/mol. The molecule has 1 rings (SSSR count). The molecule has 18 heavy (non-hydrogen) atoms. The van der Waals surface area contributed by atoms with Gasteiger partial charge in [-0.05, 0) is 6.92 Å². The SMILES string of the molecule is CCOC(=O)[P+](=S)SCCC(=O)c1ccccc1. The first kappa shape index (κ1) is 15.3. The molecule has 0 amide bonds. The van der Waals surface area contributed by atoms with Crippen LogP contribution in [0.25, 0.3) is 0 Å². The van der Waals surface area contributed by atoms with E-state index in [9.17, 15) is 9.59 Å². The maximum atomic E-state index is 11.8. The molecule has 3 nitrogen and oxygen atoms in total. The van der Waals surface area contributed by atoms with Crippen molar-refractivity contribution in [1.29, 1.82) is 0 Å². The number of hydrogen-bond acceptors (Lipinski definition) is 5. The predicted octanol–water partition coefficient (Wildman–Crippen LogP) is 4.01. The highest BCUT2D eigenvalue weighted by molar-refractivity contribution is 8.68. The molecule has 0 aromatic heterocycles. The zero-order valence-electron chi connectivity index (χ0n) is 10.00. The zero-order chi connectivity index (χ0) is 13.4. The van der Waals surface area contributed by atoms with Crippen molar-refractivity contribution < 1.29 is 14.3 Å². The van der Waals surface area contributed by atoms with Crippen LogP contribution < -0.4 is 0 Å². The summed E-state index contributed by atoms with van der Waals surface area (Å²) < 4.78 is 4.83. The molecule has 0 bridgehead atoms. The van der Waals surface area contributed by atoms with Crippen molar-refractivity contribution in [3.05, 3.63) is 35.9 Å². The summed E-state index contributed by atoms with van der Waals surface area (Å²) in [6, 6.07) is 9.11. The lowest BCUT2D eigenvalue weighted by Crippen LogP contribution is -2.00. The number of carbonyl (C=O) groups excluding carboxylic acids is 2. The van der Waals surface area contributed by atoms with Gasteiger partial charge in [0.2, 0.25) is 0 Å². The molecule has 1 aromatic rings. The summed E-state index contributed by atoms with van der Waals surface area (Å²) in [6.45, 7) is 2.10. The lowest BCUT2D eigenvalue weighted by Gasteiger charge is -1.97. The average Bonchev–Trinajstić information content (AvgIpc) is 2.39. The first-order chi connectivity index (χ1) is 8.65. The van der Waals surface area contributed by atoms with Crippen LogP contribution in [0, 0.1) is 0 Å². The molecule has 1 aromatic carbocycles. The molecule has 6 heteroatoms. The Balaban J connectivity index is 2.32. The molecule has 0 saturated carbocycles. The summed E-state index contributed by atoms with van der Waals surface area (Å²) in [7, 11) is 0. The van der Waals surface area contributed by atoms with Gasteiger partial charge in [-0.15, -0.1) is 0 Å². The van der Waals surface area contributed by atoms with Crippen molar-refractivity contribution in [2.24, 2.45) is 0 Å². The van der Waals surface area contributed by atoms with Crippen molar-refractivity contribution in [3.8, 4) is 0 Å². The summed E-state index contributed by atoms with van der Waals surface area (Å²) in [5.74, 6) is -0.629. The van der Waals surface area contributed by atoms with E-state index in [0.717, 1.165) is 0 Å². The largest absolute Gasteiger partial charge is 0.537 e. The number of carbonyl (C=O) groups is 2. The minimum atomic E-state index is -1.26. The topological polar surface area (TPSA) is 43.4 Å². The Bertz CT molecular complexity index is 434. The first-order valence-electron chi connectivity index (χ1n) is 5.50. The minimum absolute atomic E-state index is 0.0744. The lowest BCUT2D eigenvalue weighted by atomic mass is 10.1. The number of ketones is 1. The Morgan fingerprint density at radius 3 is 2.61 bits per heavy atom. The van der Waals surface area contributed by atoms with E-state index < -0.39 is 5.90 Å². The molecule has 0 aliphatic heterocycles. The quantitative estimate of drug-likeness (QED) is 0.562. The van der Waals surface area contributed by atoms with Gasteiger partial charge < -0.3 is 4.74 Å². The lowest BCUT2D eigenvalue weighted by molar-refractivity contribution is 0.0989. The van der Waals surface area contributed by atoms with Crippen molar-refractivity contribution in [2.75, 3.05) is 12.4 Å². The summed E-state index contributed by atoms with van der Waals surface area (Å²) in [5.41, 5.74) is 0.364. The summed E-state index contributed by atoms with van der Waals surface area (Å²) in [6.07, 6.45) is 0.392. The van der Waals surface area contributed by atoms with Crippen LogP contribution in [0.3, 0.4) is 0 Å². The fourth-order valence-electron chi connectivity index (χ4n) is 1.22. The molecule has 0 fully saturated rings. The smallest absolute Gasteiger partial charge is 0.429 e. The van der Waals surface area contributed by atoms with Crippen molar-refractivity contribution in [2.45, 2.75) is 13.3 Å². The maximum absolute atomic E-state index is 11.8. The number of ether oxygens (including phenoxy) is 1. The molecule has 1 atom stereocenters. The number of rotatable bonds is 7. The van der Waals surface area contributed by atoms with Gasteiger partial charge in [-0.1, -0.05) is 30.3 Å². The van der Waals surface area contributed by atoms with Gasteiger partial charge in [-0.2, -0.15) is 4.79 Å². The molecule has 0 N–H and O–H groups in total. The monoisotopic (exact) mass is 301 g/mol. The van der Waals surface area contributed by atoms with Gasteiger partial charge in [0.1, 0.15) is 11.4 Å². The Morgan fingerprint density at radius 2 is 2.00 bits per heavy atom. The van der Waals surface area contributed by atoms with E-state index in [0.29, 0.717) is 24.3 Å². The molecule has 0 aliphatic rings. The van der Waals surface area contributed by atoms with E-state index in [-0.39, 0.29) is 11.5 Å². The summed E-state index contributed by atoms with van der Waals surface area (Å²) in [5, 5.41) is 0. The van der Waals surface area contributed by atoms with Crippen molar-refractivity contribution >= 4 is 40.6 Å². The zero-order valence-corrected chi connectivity index (χ0v) is 12.5. The van der Waals surface area contributed by atoms with Crippen LogP contribution in [0.1, 0.15) is 23.7 Å². The number of hydrogen-bond donors (Lipinski definition) is 0. The van der Waals surface area contributed by atoms with E-state index in [1.54, 1.807) is 19.1 Å². The van der Waals surface area contributed by atoms with Crippen LogP contribution >= 0.6 is 17.3 Å². The Kier molecular flexibility index (Phi) is 7.09.